The Kier molecular flexibility index (Phi) is 3.32. The Hall–Kier alpha value is -2.30. The number of benzene rings is 1. The first-order chi connectivity index (χ1) is 8.61. The van der Waals surface area contributed by atoms with Gasteiger partial charge >= 0.3 is 0 Å². The highest BCUT2D eigenvalue weighted by atomic mass is 19.3. The molecular formula is C13H10F2N2O. The Morgan fingerprint density at radius 3 is 2.61 bits per heavy atom. The van der Waals surface area contributed by atoms with E-state index in [-0.39, 0.29) is 16.8 Å². The summed E-state index contributed by atoms with van der Waals surface area (Å²) in [6.07, 6.45) is 0.0482. The van der Waals surface area contributed by atoms with Crippen LogP contribution in [0.5, 0.6) is 0 Å². The van der Waals surface area contributed by atoms with E-state index in [2.05, 4.69) is 4.98 Å². The number of anilines is 1. The van der Waals surface area contributed by atoms with Crippen LogP contribution < -0.4 is 5.73 Å². The second-order valence-electron chi connectivity index (χ2n) is 3.68. The van der Waals surface area contributed by atoms with E-state index in [9.17, 15) is 13.6 Å². The molecule has 5 heteroatoms. The standard InChI is InChI=1S/C13H10F2N2O/c14-13(15)11-9(4-1-5-10(11)16)12(18)8-3-2-6-17-7-8/h1-7,13H,16H2. The number of carbonyl (C=O) groups is 1. The highest BCUT2D eigenvalue weighted by Gasteiger charge is 2.21. The van der Waals surface area contributed by atoms with Crippen molar-refractivity contribution in [3.05, 3.63) is 59.4 Å². The van der Waals surface area contributed by atoms with Gasteiger partial charge in [0, 0.05) is 29.2 Å². The summed E-state index contributed by atoms with van der Waals surface area (Å²) in [7, 11) is 0. The molecule has 0 radical (unpaired) electrons. The minimum atomic E-state index is -2.79. The Labute approximate surface area is 102 Å². The fourth-order valence-electron chi connectivity index (χ4n) is 1.68. The van der Waals surface area contributed by atoms with Crippen molar-refractivity contribution >= 4 is 11.5 Å². The topological polar surface area (TPSA) is 56.0 Å². The first kappa shape index (κ1) is 12.2. The molecule has 0 bridgehead atoms. The van der Waals surface area contributed by atoms with Crippen LogP contribution in [0, 0.1) is 0 Å². The van der Waals surface area contributed by atoms with Crippen molar-refractivity contribution in [3.8, 4) is 0 Å². The summed E-state index contributed by atoms with van der Waals surface area (Å²) in [5, 5.41) is 0. The molecular weight excluding hydrogens is 238 g/mol. The fourth-order valence-corrected chi connectivity index (χ4v) is 1.68. The van der Waals surface area contributed by atoms with Crippen LogP contribution in [0.4, 0.5) is 14.5 Å². The summed E-state index contributed by atoms with van der Waals surface area (Å²) >= 11 is 0. The molecule has 1 aromatic heterocycles. The van der Waals surface area contributed by atoms with Crippen molar-refractivity contribution in [2.75, 3.05) is 5.73 Å². The van der Waals surface area contributed by atoms with E-state index >= 15 is 0 Å². The van der Waals surface area contributed by atoms with Gasteiger partial charge in [-0.05, 0) is 18.2 Å². The summed E-state index contributed by atoms with van der Waals surface area (Å²) < 4.78 is 25.8. The van der Waals surface area contributed by atoms with E-state index in [0.717, 1.165) is 0 Å². The van der Waals surface area contributed by atoms with Gasteiger partial charge in [0.1, 0.15) is 0 Å². The Bertz CT molecular complexity index is 570. The molecule has 0 atom stereocenters. The van der Waals surface area contributed by atoms with Gasteiger partial charge in [0.2, 0.25) is 0 Å². The molecule has 2 N–H and O–H groups in total. The summed E-state index contributed by atoms with van der Waals surface area (Å²) in [5.41, 5.74) is 5.15. The van der Waals surface area contributed by atoms with Crippen molar-refractivity contribution in [1.82, 2.24) is 4.98 Å². The van der Waals surface area contributed by atoms with Gasteiger partial charge in [-0.2, -0.15) is 0 Å². The number of hydrogen-bond acceptors (Lipinski definition) is 3. The van der Waals surface area contributed by atoms with E-state index in [1.807, 2.05) is 0 Å². The molecule has 3 nitrogen and oxygen atoms in total. The van der Waals surface area contributed by atoms with Gasteiger partial charge in [0.25, 0.3) is 6.43 Å². The van der Waals surface area contributed by atoms with Gasteiger partial charge in [-0.15, -0.1) is 0 Å². The van der Waals surface area contributed by atoms with Gasteiger partial charge < -0.3 is 5.73 Å². The normalized spacial score (nSPS) is 10.6. The lowest BCUT2D eigenvalue weighted by Crippen LogP contribution is -2.08. The molecule has 0 unspecified atom stereocenters. The maximum atomic E-state index is 12.9. The number of carbonyl (C=O) groups excluding carboxylic acids is 1. The zero-order chi connectivity index (χ0) is 13.1. The van der Waals surface area contributed by atoms with Crippen molar-refractivity contribution in [2.24, 2.45) is 0 Å². The molecule has 0 amide bonds. The number of halogens is 2. The van der Waals surface area contributed by atoms with E-state index in [4.69, 9.17) is 5.73 Å². The number of rotatable bonds is 3. The zero-order valence-corrected chi connectivity index (χ0v) is 9.31. The average molecular weight is 248 g/mol. The lowest BCUT2D eigenvalue weighted by atomic mass is 9.98. The largest absolute Gasteiger partial charge is 0.398 e. The monoisotopic (exact) mass is 248 g/mol. The highest BCUT2D eigenvalue weighted by molar-refractivity contribution is 6.10. The smallest absolute Gasteiger partial charge is 0.266 e. The lowest BCUT2D eigenvalue weighted by molar-refractivity contribution is 0.102. The van der Waals surface area contributed by atoms with Crippen molar-refractivity contribution in [3.63, 3.8) is 0 Å². The third kappa shape index (κ3) is 2.20. The number of pyridine rings is 1. The highest BCUT2D eigenvalue weighted by Crippen LogP contribution is 2.29. The van der Waals surface area contributed by atoms with Gasteiger partial charge in [0.15, 0.2) is 5.78 Å². The van der Waals surface area contributed by atoms with E-state index in [1.54, 1.807) is 6.07 Å². The second kappa shape index (κ2) is 4.91. The molecule has 2 rings (SSSR count). The van der Waals surface area contributed by atoms with E-state index < -0.39 is 17.8 Å². The van der Waals surface area contributed by atoms with Crippen molar-refractivity contribution < 1.29 is 13.6 Å². The SMILES string of the molecule is Nc1cccc(C(=O)c2cccnc2)c1C(F)F. The van der Waals surface area contributed by atoms with Crippen LogP contribution >= 0.6 is 0 Å². The average Bonchev–Trinajstić information content (AvgIpc) is 2.38. The number of alkyl halides is 2. The zero-order valence-electron chi connectivity index (χ0n) is 9.31. The first-order valence-corrected chi connectivity index (χ1v) is 5.22. The maximum absolute atomic E-state index is 12.9. The number of hydrogen-bond donors (Lipinski definition) is 1. The minimum absolute atomic E-state index is 0.0836. The molecule has 1 heterocycles. The number of nitrogen functional groups attached to an aromatic ring is 1. The van der Waals surface area contributed by atoms with Crippen LogP contribution in [-0.4, -0.2) is 10.8 Å². The number of aromatic nitrogens is 1. The van der Waals surface area contributed by atoms with Crippen LogP contribution in [0.3, 0.4) is 0 Å². The molecule has 0 saturated carbocycles. The molecule has 0 aliphatic carbocycles. The first-order valence-electron chi connectivity index (χ1n) is 5.22. The minimum Gasteiger partial charge on any atom is -0.398 e. The third-order valence-corrected chi connectivity index (χ3v) is 2.53. The fraction of sp³-hybridized carbons (Fsp3) is 0.0769. The van der Waals surface area contributed by atoms with Crippen LogP contribution in [0.15, 0.2) is 42.7 Å². The van der Waals surface area contributed by atoms with Gasteiger partial charge in [-0.1, -0.05) is 12.1 Å². The quantitative estimate of drug-likeness (QED) is 0.671. The van der Waals surface area contributed by atoms with Crippen molar-refractivity contribution in [2.45, 2.75) is 6.43 Å². The predicted molar refractivity (Wildman–Crippen MR) is 63.5 cm³/mol. The Morgan fingerprint density at radius 2 is 2.00 bits per heavy atom. The lowest BCUT2D eigenvalue weighted by Gasteiger charge is -2.10. The number of nitrogens with zero attached hydrogens (tertiary/aromatic N) is 1. The third-order valence-electron chi connectivity index (χ3n) is 2.53. The Balaban J connectivity index is 2.52. The summed E-state index contributed by atoms with van der Waals surface area (Å²) in [6, 6.07) is 7.26. The van der Waals surface area contributed by atoms with Gasteiger partial charge in [-0.25, -0.2) is 8.78 Å². The van der Waals surface area contributed by atoms with Crippen LogP contribution in [0.25, 0.3) is 0 Å². The summed E-state index contributed by atoms with van der Waals surface area (Å²) in [5.74, 6) is -0.509. The van der Waals surface area contributed by atoms with Crippen LogP contribution in [-0.2, 0) is 0 Å². The molecule has 0 aliphatic rings. The van der Waals surface area contributed by atoms with E-state index in [1.165, 1.54) is 36.7 Å². The number of nitrogens with two attached hydrogens (primary N) is 1. The predicted octanol–water partition coefficient (Wildman–Crippen LogP) is 2.83. The van der Waals surface area contributed by atoms with E-state index in [0.29, 0.717) is 0 Å². The molecule has 92 valence electrons. The van der Waals surface area contributed by atoms with Crippen LogP contribution in [0.2, 0.25) is 0 Å². The van der Waals surface area contributed by atoms with Crippen molar-refractivity contribution in [1.29, 1.82) is 0 Å². The summed E-state index contributed by atoms with van der Waals surface area (Å²) in [4.78, 5) is 15.9. The van der Waals surface area contributed by atoms with Crippen LogP contribution in [0.1, 0.15) is 27.9 Å². The molecule has 0 spiro atoms. The molecule has 1 aromatic carbocycles. The molecule has 18 heavy (non-hydrogen) atoms. The molecule has 0 aliphatic heterocycles. The number of ketones is 1. The second-order valence-corrected chi connectivity index (χ2v) is 3.68. The molecule has 0 saturated heterocycles. The van der Waals surface area contributed by atoms with Gasteiger partial charge in [-0.3, -0.25) is 9.78 Å². The molecule has 0 fully saturated rings. The maximum Gasteiger partial charge on any atom is 0.266 e. The van der Waals surface area contributed by atoms with Gasteiger partial charge in [0.05, 0.1) is 5.56 Å². The summed E-state index contributed by atoms with van der Waals surface area (Å²) in [6.45, 7) is 0. The molecule has 2 aromatic rings. The Morgan fingerprint density at radius 1 is 1.22 bits per heavy atom.